The molecule has 0 aliphatic carbocycles. The average molecular weight is 300 g/mol. The average Bonchev–Trinajstić information content (AvgIpc) is 2.36. The zero-order valence-corrected chi connectivity index (χ0v) is 12.2. The van der Waals surface area contributed by atoms with Crippen LogP contribution in [-0.4, -0.2) is 32.9 Å². The van der Waals surface area contributed by atoms with Crippen LogP contribution in [-0.2, 0) is 19.6 Å². The number of nitrogens with two attached hydrogens (primary N) is 1. The second kappa shape index (κ2) is 5.59. The van der Waals surface area contributed by atoms with E-state index >= 15 is 0 Å². The van der Waals surface area contributed by atoms with Gasteiger partial charge in [0, 0.05) is 0 Å². The maximum absolute atomic E-state index is 12.3. The first kappa shape index (κ1) is 16.1. The Balaban J connectivity index is 3.31. The molecule has 0 bridgehead atoms. The third kappa shape index (κ3) is 3.34. The zero-order chi connectivity index (χ0) is 15.6. The molecule has 0 saturated carbocycles. The van der Waals surface area contributed by atoms with E-state index < -0.39 is 27.4 Å². The highest BCUT2D eigenvalue weighted by Gasteiger charge is 2.33. The second-order valence-electron chi connectivity index (χ2n) is 4.58. The molecule has 0 radical (unpaired) electrons. The van der Waals surface area contributed by atoms with Gasteiger partial charge in [-0.2, -0.15) is 4.72 Å². The Kier molecular flexibility index (Phi) is 4.51. The van der Waals surface area contributed by atoms with E-state index in [1.807, 2.05) is 0 Å². The van der Waals surface area contributed by atoms with E-state index in [1.165, 1.54) is 38.1 Å². The Labute approximate surface area is 117 Å². The third-order valence-electron chi connectivity index (χ3n) is 2.59. The van der Waals surface area contributed by atoms with Crippen LogP contribution in [0.15, 0.2) is 29.2 Å². The van der Waals surface area contributed by atoms with E-state index in [9.17, 15) is 18.0 Å². The first-order valence-corrected chi connectivity index (χ1v) is 7.11. The van der Waals surface area contributed by atoms with Crippen LogP contribution in [0, 0.1) is 0 Å². The molecule has 3 N–H and O–H groups in total. The monoisotopic (exact) mass is 300 g/mol. The predicted octanol–water partition coefficient (Wildman–Crippen LogP) is 0.0154. The van der Waals surface area contributed by atoms with Gasteiger partial charge in [0.2, 0.25) is 15.9 Å². The fourth-order valence-electron chi connectivity index (χ4n) is 1.42. The third-order valence-corrected chi connectivity index (χ3v) is 4.30. The van der Waals surface area contributed by atoms with Gasteiger partial charge in [-0.15, -0.1) is 0 Å². The molecule has 0 saturated heterocycles. The van der Waals surface area contributed by atoms with Crippen LogP contribution in [0.1, 0.15) is 24.2 Å². The summed E-state index contributed by atoms with van der Waals surface area (Å²) < 4.78 is 31.2. The summed E-state index contributed by atoms with van der Waals surface area (Å²) in [5, 5.41) is 0. The number of hydrogen-bond donors (Lipinski definition) is 2. The summed E-state index contributed by atoms with van der Waals surface area (Å²) in [4.78, 5) is 22.5. The maximum atomic E-state index is 12.3. The lowest BCUT2D eigenvalue weighted by molar-refractivity contribution is -0.122. The van der Waals surface area contributed by atoms with Crippen molar-refractivity contribution in [1.29, 1.82) is 0 Å². The van der Waals surface area contributed by atoms with Gasteiger partial charge in [0.25, 0.3) is 0 Å². The molecule has 0 atom stereocenters. The number of ether oxygens (including phenoxy) is 1. The van der Waals surface area contributed by atoms with Crippen LogP contribution in [0.3, 0.4) is 0 Å². The summed E-state index contributed by atoms with van der Waals surface area (Å²) >= 11 is 0. The van der Waals surface area contributed by atoms with Crippen molar-refractivity contribution >= 4 is 21.9 Å². The molecule has 20 heavy (non-hydrogen) atoms. The molecule has 0 fully saturated rings. The van der Waals surface area contributed by atoms with Crippen molar-refractivity contribution in [2.24, 2.45) is 5.73 Å². The van der Waals surface area contributed by atoms with Crippen LogP contribution < -0.4 is 10.5 Å². The number of primary amides is 1. The number of hydrogen-bond acceptors (Lipinski definition) is 5. The van der Waals surface area contributed by atoms with Crippen molar-refractivity contribution < 1.29 is 22.7 Å². The number of rotatable bonds is 5. The lowest BCUT2D eigenvalue weighted by Gasteiger charge is -2.22. The van der Waals surface area contributed by atoms with Crippen molar-refractivity contribution in [3.63, 3.8) is 0 Å². The summed E-state index contributed by atoms with van der Waals surface area (Å²) in [6.07, 6.45) is 0. The molecule has 0 spiro atoms. The highest BCUT2D eigenvalue weighted by molar-refractivity contribution is 7.89. The number of benzene rings is 1. The van der Waals surface area contributed by atoms with Crippen LogP contribution in [0.4, 0.5) is 0 Å². The molecule has 8 heteroatoms. The largest absolute Gasteiger partial charge is 0.465 e. The molecule has 110 valence electrons. The first-order valence-electron chi connectivity index (χ1n) is 5.63. The minimum atomic E-state index is -4.10. The Hall–Kier alpha value is -1.93. The van der Waals surface area contributed by atoms with E-state index in [0.29, 0.717) is 0 Å². The van der Waals surface area contributed by atoms with Crippen molar-refractivity contribution in [3.05, 3.63) is 29.8 Å². The minimum Gasteiger partial charge on any atom is -0.465 e. The molecule has 1 rings (SSSR count). The molecule has 0 unspecified atom stereocenters. The van der Waals surface area contributed by atoms with Gasteiger partial charge in [-0.3, -0.25) is 4.79 Å². The Morgan fingerprint density at radius 1 is 1.25 bits per heavy atom. The molecular weight excluding hydrogens is 284 g/mol. The molecule has 1 aromatic rings. The number of methoxy groups -OCH3 is 1. The number of sulfonamides is 1. The highest BCUT2D eigenvalue weighted by atomic mass is 32.2. The van der Waals surface area contributed by atoms with Gasteiger partial charge in [0.05, 0.1) is 17.6 Å². The summed E-state index contributed by atoms with van der Waals surface area (Å²) in [6.45, 7) is 2.65. The molecule has 1 amide bonds. The van der Waals surface area contributed by atoms with Crippen molar-refractivity contribution in [2.45, 2.75) is 24.3 Å². The van der Waals surface area contributed by atoms with Gasteiger partial charge < -0.3 is 10.5 Å². The summed E-state index contributed by atoms with van der Waals surface area (Å²) in [6, 6.07) is 5.52. The fourth-order valence-corrected chi connectivity index (χ4v) is 3.00. The maximum Gasteiger partial charge on any atom is 0.339 e. The molecule has 0 aliphatic heterocycles. The van der Waals surface area contributed by atoms with Crippen LogP contribution >= 0.6 is 0 Å². The van der Waals surface area contributed by atoms with Gasteiger partial charge in [-0.1, -0.05) is 12.1 Å². The Bertz CT molecular complexity index is 637. The van der Waals surface area contributed by atoms with E-state index in [0.717, 1.165) is 7.11 Å². The van der Waals surface area contributed by atoms with E-state index in [4.69, 9.17) is 5.73 Å². The molecule has 0 aromatic heterocycles. The summed E-state index contributed by atoms with van der Waals surface area (Å²) in [7, 11) is -2.96. The summed E-state index contributed by atoms with van der Waals surface area (Å²) in [5.41, 5.74) is 3.52. The van der Waals surface area contributed by atoms with Gasteiger partial charge in [-0.25, -0.2) is 13.2 Å². The Morgan fingerprint density at radius 2 is 1.80 bits per heavy atom. The van der Waals surface area contributed by atoms with Crippen molar-refractivity contribution in [1.82, 2.24) is 4.72 Å². The van der Waals surface area contributed by atoms with E-state index in [1.54, 1.807) is 0 Å². The van der Waals surface area contributed by atoms with Crippen LogP contribution in [0.2, 0.25) is 0 Å². The lowest BCUT2D eigenvalue weighted by atomic mass is 10.1. The number of esters is 1. The van der Waals surface area contributed by atoms with Gasteiger partial charge in [0.1, 0.15) is 5.54 Å². The Morgan fingerprint density at radius 3 is 2.30 bits per heavy atom. The smallest absolute Gasteiger partial charge is 0.339 e. The quantitative estimate of drug-likeness (QED) is 0.743. The number of carbonyl (C=O) groups excluding carboxylic acids is 2. The highest BCUT2D eigenvalue weighted by Crippen LogP contribution is 2.18. The van der Waals surface area contributed by atoms with Gasteiger partial charge in [0.15, 0.2) is 0 Å². The van der Waals surface area contributed by atoms with Crippen molar-refractivity contribution in [2.75, 3.05) is 7.11 Å². The predicted molar refractivity (Wildman–Crippen MR) is 71.4 cm³/mol. The zero-order valence-electron chi connectivity index (χ0n) is 11.3. The number of amides is 1. The first-order chi connectivity index (χ1) is 9.12. The molecule has 0 aliphatic rings. The summed E-state index contributed by atoms with van der Waals surface area (Å²) in [5.74, 6) is -1.63. The molecule has 0 heterocycles. The lowest BCUT2D eigenvalue weighted by Crippen LogP contribution is -2.53. The van der Waals surface area contributed by atoms with Gasteiger partial charge >= 0.3 is 5.97 Å². The second-order valence-corrected chi connectivity index (χ2v) is 6.23. The molecule has 1 aromatic carbocycles. The molecule has 7 nitrogen and oxygen atoms in total. The minimum absolute atomic E-state index is 0.122. The van der Waals surface area contributed by atoms with Crippen molar-refractivity contribution in [3.8, 4) is 0 Å². The topological polar surface area (TPSA) is 116 Å². The number of nitrogens with one attached hydrogen (secondary N) is 1. The number of carbonyl (C=O) groups is 2. The van der Waals surface area contributed by atoms with E-state index in [2.05, 4.69) is 9.46 Å². The van der Waals surface area contributed by atoms with Crippen LogP contribution in [0.5, 0.6) is 0 Å². The molecular formula is C12H16N2O5S. The standard InChI is InChI=1S/C12H16N2O5S/c1-12(2,11(13)16)14-20(17,18)9-7-5-4-6-8(9)10(15)19-3/h4-7,14H,1-3H3,(H2,13,16). The van der Waals surface area contributed by atoms with E-state index in [-0.39, 0.29) is 10.5 Å². The normalized spacial score (nSPS) is 11.9. The SMILES string of the molecule is COC(=O)c1ccccc1S(=O)(=O)NC(C)(C)C(N)=O. The van der Waals surface area contributed by atoms with Crippen LogP contribution in [0.25, 0.3) is 0 Å². The fraction of sp³-hybridized carbons (Fsp3) is 0.333. The van der Waals surface area contributed by atoms with Gasteiger partial charge in [-0.05, 0) is 26.0 Å².